The number of nitrogens with zero attached hydrogens (tertiary/aromatic N) is 1. The Morgan fingerprint density at radius 3 is 1.83 bits per heavy atom. The fourth-order valence-corrected chi connectivity index (χ4v) is 6.31. The molecule has 3 nitrogen and oxygen atoms in total. The molecule has 3 aromatic rings. The van der Waals surface area contributed by atoms with Crippen LogP contribution in [0.3, 0.4) is 0 Å². The number of likely N-dealkylation sites (tertiary alicyclic amines) is 1. The minimum absolute atomic E-state index is 0.200. The molecule has 1 N–H and O–H groups in total. The van der Waals surface area contributed by atoms with Crippen molar-refractivity contribution in [3.8, 4) is 0 Å². The second-order valence-corrected chi connectivity index (χ2v) is 11.0. The Bertz CT molecular complexity index is 1010. The lowest BCUT2D eigenvalue weighted by atomic mass is 10.0. The highest BCUT2D eigenvalue weighted by Crippen LogP contribution is 2.31. The van der Waals surface area contributed by atoms with Crippen molar-refractivity contribution >= 4 is 11.2 Å². The Kier molecular flexibility index (Phi) is 9.87. The van der Waals surface area contributed by atoms with E-state index in [0.717, 1.165) is 68.6 Å². The molecule has 1 aliphatic rings. The Hall–Kier alpha value is -2.32. The van der Waals surface area contributed by atoms with E-state index >= 15 is 0 Å². The predicted molar refractivity (Wildman–Crippen MR) is 140 cm³/mol. The van der Waals surface area contributed by atoms with Crippen LogP contribution in [0.1, 0.15) is 41.2 Å². The number of rotatable bonds is 11. The molecule has 0 aliphatic carbocycles. The second kappa shape index (κ2) is 13.3. The Balaban J connectivity index is 1.22. The average molecular weight is 515 g/mol. The normalized spacial score (nSPS) is 15.9. The van der Waals surface area contributed by atoms with E-state index in [9.17, 15) is 17.7 Å². The molecule has 4 rings (SSSR count). The lowest BCUT2D eigenvalue weighted by molar-refractivity contribution is 0.207. The summed E-state index contributed by atoms with van der Waals surface area (Å²) in [5.41, 5.74) is 2.69. The summed E-state index contributed by atoms with van der Waals surface area (Å²) in [6.45, 7) is 3.56. The highest BCUT2D eigenvalue weighted by atomic mass is 32.2. The molecular formula is C29H33F3N2OS. The third-order valence-corrected chi connectivity index (χ3v) is 8.45. The number of piperidine rings is 1. The van der Waals surface area contributed by atoms with Crippen molar-refractivity contribution in [3.63, 3.8) is 0 Å². The maximum atomic E-state index is 13.5. The number of hydrogen-bond acceptors (Lipinski definition) is 3. The molecule has 1 saturated heterocycles. The monoisotopic (exact) mass is 514 g/mol. The van der Waals surface area contributed by atoms with E-state index in [1.165, 1.54) is 36.4 Å². The van der Waals surface area contributed by atoms with Crippen molar-refractivity contribution < 1.29 is 17.7 Å². The molecule has 0 saturated carbocycles. The van der Waals surface area contributed by atoms with Crippen LogP contribution in [-0.2, 0) is 17.6 Å². The molecule has 0 radical (unpaired) electrons. The van der Waals surface area contributed by atoms with Gasteiger partial charge in [-0.05, 0) is 98.5 Å². The SMILES string of the molecule is [O-][S+](CCN1CCC(NCCCc2ccc(F)cc2)CC1)C(c1ccc(F)cc1)c1ccc(F)cc1. The van der Waals surface area contributed by atoms with Crippen LogP contribution in [0.15, 0.2) is 72.8 Å². The van der Waals surface area contributed by atoms with Gasteiger partial charge in [-0.15, -0.1) is 0 Å². The Labute approximate surface area is 214 Å². The molecule has 0 aromatic heterocycles. The molecule has 0 bridgehead atoms. The molecule has 3 aromatic carbocycles. The Morgan fingerprint density at radius 2 is 1.31 bits per heavy atom. The number of benzene rings is 3. The molecule has 0 spiro atoms. The standard InChI is InChI=1S/C29H33F3N2OS/c30-25-9-3-22(4-10-25)2-1-17-33-28-15-18-34(19-16-28)20-21-36(35)29(23-5-11-26(31)12-6-23)24-7-13-27(32)14-8-24/h3-14,28-29,33H,1-2,15-21H2. The van der Waals surface area contributed by atoms with E-state index < -0.39 is 16.4 Å². The van der Waals surface area contributed by atoms with Gasteiger partial charge in [0.15, 0.2) is 5.25 Å². The van der Waals surface area contributed by atoms with E-state index in [0.29, 0.717) is 11.8 Å². The third kappa shape index (κ3) is 7.84. The zero-order valence-corrected chi connectivity index (χ0v) is 21.2. The third-order valence-electron chi connectivity index (χ3n) is 6.79. The van der Waals surface area contributed by atoms with Crippen LogP contribution in [0.5, 0.6) is 0 Å². The summed E-state index contributed by atoms with van der Waals surface area (Å²) in [7, 11) is 0. The number of nitrogens with one attached hydrogen (secondary N) is 1. The summed E-state index contributed by atoms with van der Waals surface area (Å²) < 4.78 is 53.3. The zero-order chi connectivity index (χ0) is 25.3. The van der Waals surface area contributed by atoms with Crippen LogP contribution in [0.4, 0.5) is 13.2 Å². The highest BCUT2D eigenvalue weighted by molar-refractivity contribution is 7.91. The first-order chi connectivity index (χ1) is 17.5. The maximum absolute atomic E-state index is 13.5. The van der Waals surface area contributed by atoms with Gasteiger partial charge < -0.3 is 9.87 Å². The average Bonchev–Trinajstić information content (AvgIpc) is 2.89. The molecule has 1 aliphatic heterocycles. The summed E-state index contributed by atoms with van der Waals surface area (Å²) >= 11 is -1.23. The molecule has 1 fully saturated rings. The van der Waals surface area contributed by atoms with E-state index in [1.807, 2.05) is 12.1 Å². The smallest absolute Gasteiger partial charge is 0.165 e. The van der Waals surface area contributed by atoms with Crippen LogP contribution in [0.25, 0.3) is 0 Å². The molecule has 0 amide bonds. The van der Waals surface area contributed by atoms with Crippen LogP contribution >= 0.6 is 0 Å². The van der Waals surface area contributed by atoms with Gasteiger partial charge in [-0.1, -0.05) is 36.4 Å². The van der Waals surface area contributed by atoms with Crippen molar-refractivity contribution in [1.29, 1.82) is 0 Å². The largest absolute Gasteiger partial charge is 0.616 e. The summed E-state index contributed by atoms with van der Waals surface area (Å²) in [4.78, 5) is 2.35. The van der Waals surface area contributed by atoms with Gasteiger partial charge in [-0.25, -0.2) is 13.2 Å². The van der Waals surface area contributed by atoms with Crippen molar-refractivity contribution in [3.05, 3.63) is 107 Å². The van der Waals surface area contributed by atoms with Gasteiger partial charge in [-0.2, -0.15) is 0 Å². The van der Waals surface area contributed by atoms with Crippen LogP contribution in [-0.4, -0.2) is 47.4 Å². The van der Waals surface area contributed by atoms with Gasteiger partial charge in [0.2, 0.25) is 0 Å². The number of hydrogen-bond donors (Lipinski definition) is 1. The van der Waals surface area contributed by atoms with Crippen molar-refractivity contribution in [2.24, 2.45) is 0 Å². The fraction of sp³-hybridized carbons (Fsp3) is 0.379. The molecule has 1 heterocycles. The zero-order valence-electron chi connectivity index (χ0n) is 20.3. The highest BCUT2D eigenvalue weighted by Gasteiger charge is 2.28. The van der Waals surface area contributed by atoms with Gasteiger partial charge in [0, 0.05) is 23.7 Å². The predicted octanol–water partition coefficient (Wildman–Crippen LogP) is 5.63. The van der Waals surface area contributed by atoms with Crippen LogP contribution < -0.4 is 5.32 Å². The van der Waals surface area contributed by atoms with Gasteiger partial charge >= 0.3 is 0 Å². The van der Waals surface area contributed by atoms with Crippen LogP contribution in [0, 0.1) is 17.5 Å². The molecule has 36 heavy (non-hydrogen) atoms. The molecule has 7 heteroatoms. The van der Waals surface area contributed by atoms with Gasteiger partial charge in [0.05, 0.1) is 0 Å². The van der Waals surface area contributed by atoms with Crippen molar-refractivity contribution in [1.82, 2.24) is 10.2 Å². The van der Waals surface area contributed by atoms with Crippen molar-refractivity contribution in [2.75, 3.05) is 31.9 Å². The molecule has 1 unspecified atom stereocenters. The van der Waals surface area contributed by atoms with E-state index in [2.05, 4.69) is 10.2 Å². The second-order valence-electron chi connectivity index (χ2n) is 9.37. The first kappa shape index (κ1) is 26.7. The van der Waals surface area contributed by atoms with Crippen LogP contribution in [0.2, 0.25) is 0 Å². The minimum Gasteiger partial charge on any atom is -0.616 e. The first-order valence-corrected chi connectivity index (χ1v) is 13.9. The van der Waals surface area contributed by atoms with E-state index in [-0.39, 0.29) is 17.5 Å². The maximum Gasteiger partial charge on any atom is 0.165 e. The summed E-state index contributed by atoms with van der Waals surface area (Å²) in [6, 6.07) is 19.3. The quantitative estimate of drug-likeness (QED) is 0.266. The van der Waals surface area contributed by atoms with Gasteiger partial charge in [0.1, 0.15) is 23.2 Å². The molecular weight excluding hydrogens is 481 g/mol. The number of aryl methyl sites for hydroxylation is 1. The van der Waals surface area contributed by atoms with E-state index in [1.54, 1.807) is 24.3 Å². The fourth-order valence-electron chi connectivity index (χ4n) is 4.72. The molecule has 192 valence electrons. The lowest BCUT2D eigenvalue weighted by Gasteiger charge is -2.33. The van der Waals surface area contributed by atoms with Crippen molar-refractivity contribution in [2.45, 2.75) is 37.0 Å². The number of halogens is 3. The topological polar surface area (TPSA) is 38.3 Å². The Morgan fingerprint density at radius 1 is 0.806 bits per heavy atom. The summed E-state index contributed by atoms with van der Waals surface area (Å²) in [5.74, 6) is -0.382. The van der Waals surface area contributed by atoms with E-state index in [4.69, 9.17) is 0 Å². The van der Waals surface area contributed by atoms with Gasteiger partial charge in [-0.3, -0.25) is 4.90 Å². The summed E-state index contributed by atoms with van der Waals surface area (Å²) in [5, 5.41) is 3.21. The molecule has 1 atom stereocenters. The van der Waals surface area contributed by atoms with Gasteiger partial charge in [0.25, 0.3) is 0 Å². The first-order valence-electron chi connectivity index (χ1n) is 12.6. The summed E-state index contributed by atoms with van der Waals surface area (Å²) in [6.07, 6.45) is 4.03. The minimum atomic E-state index is -1.23. The lowest BCUT2D eigenvalue weighted by Crippen LogP contribution is -2.44.